The SMILES string of the molecule is CCOc1cc2c(cc1OCC)CN(C(=O)c1cccc(OC)c1)CC2. The molecule has 138 valence electrons. The first-order chi connectivity index (χ1) is 12.7. The highest BCUT2D eigenvalue weighted by atomic mass is 16.5. The summed E-state index contributed by atoms with van der Waals surface area (Å²) in [5.41, 5.74) is 2.97. The van der Waals surface area contributed by atoms with Crippen LogP contribution in [0.1, 0.15) is 35.3 Å². The van der Waals surface area contributed by atoms with E-state index in [0.29, 0.717) is 37.6 Å². The Morgan fingerprint density at radius 3 is 2.38 bits per heavy atom. The third-order valence-corrected chi connectivity index (χ3v) is 4.48. The van der Waals surface area contributed by atoms with Crippen molar-refractivity contribution in [2.75, 3.05) is 26.9 Å². The average Bonchev–Trinajstić information content (AvgIpc) is 2.68. The second kappa shape index (κ2) is 8.13. The van der Waals surface area contributed by atoms with E-state index in [0.717, 1.165) is 23.5 Å². The van der Waals surface area contributed by atoms with Crippen LogP contribution in [0.5, 0.6) is 17.2 Å². The van der Waals surface area contributed by atoms with Crippen molar-refractivity contribution in [3.63, 3.8) is 0 Å². The monoisotopic (exact) mass is 355 g/mol. The van der Waals surface area contributed by atoms with Crippen molar-refractivity contribution in [1.82, 2.24) is 4.90 Å². The van der Waals surface area contributed by atoms with E-state index in [1.165, 1.54) is 5.56 Å². The lowest BCUT2D eigenvalue weighted by molar-refractivity contribution is 0.0734. The molecule has 0 atom stereocenters. The predicted molar refractivity (Wildman–Crippen MR) is 100 cm³/mol. The van der Waals surface area contributed by atoms with E-state index in [1.807, 2.05) is 43.0 Å². The van der Waals surface area contributed by atoms with Gasteiger partial charge in [-0.15, -0.1) is 0 Å². The smallest absolute Gasteiger partial charge is 0.254 e. The van der Waals surface area contributed by atoms with Gasteiger partial charge in [-0.1, -0.05) is 6.07 Å². The van der Waals surface area contributed by atoms with Crippen LogP contribution in [0, 0.1) is 0 Å². The van der Waals surface area contributed by atoms with Crippen molar-refractivity contribution in [1.29, 1.82) is 0 Å². The van der Waals surface area contributed by atoms with Crippen molar-refractivity contribution < 1.29 is 19.0 Å². The predicted octanol–water partition coefficient (Wildman–Crippen LogP) is 3.69. The van der Waals surface area contributed by atoms with Gasteiger partial charge >= 0.3 is 0 Å². The standard InChI is InChI=1S/C21H25NO4/c1-4-25-19-12-15-9-10-22(14-17(15)13-20(19)26-5-2)21(23)16-7-6-8-18(11-16)24-3/h6-8,11-13H,4-5,9-10,14H2,1-3H3. The quantitative estimate of drug-likeness (QED) is 0.793. The van der Waals surface area contributed by atoms with E-state index in [4.69, 9.17) is 14.2 Å². The zero-order valence-corrected chi connectivity index (χ0v) is 15.6. The summed E-state index contributed by atoms with van der Waals surface area (Å²) in [5, 5.41) is 0. The number of rotatable bonds is 6. The highest BCUT2D eigenvalue weighted by Crippen LogP contribution is 2.34. The fourth-order valence-electron chi connectivity index (χ4n) is 3.21. The highest BCUT2D eigenvalue weighted by molar-refractivity contribution is 5.94. The number of amides is 1. The number of hydrogen-bond donors (Lipinski definition) is 0. The van der Waals surface area contributed by atoms with Crippen LogP contribution in [-0.4, -0.2) is 37.7 Å². The largest absolute Gasteiger partial charge is 0.497 e. The molecule has 1 aliphatic heterocycles. The maximum atomic E-state index is 12.9. The van der Waals surface area contributed by atoms with Crippen LogP contribution in [-0.2, 0) is 13.0 Å². The number of ether oxygens (including phenoxy) is 3. The molecule has 0 N–H and O–H groups in total. The van der Waals surface area contributed by atoms with Crippen molar-refractivity contribution in [2.45, 2.75) is 26.8 Å². The van der Waals surface area contributed by atoms with Gasteiger partial charge in [0.25, 0.3) is 5.91 Å². The number of hydrogen-bond acceptors (Lipinski definition) is 4. The Labute approximate surface area is 154 Å². The van der Waals surface area contributed by atoms with E-state index in [1.54, 1.807) is 13.2 Å². The highest BCUT2D eigenvalue weighted by Gasteiger charge is 2.24. The van der Waals surface area contributed by atoms with Gasteiger partial charge < -0.3 is 19.1 Å². The number of methoxy groups -OCH3 is 1. The molecule has 1 aliphatic rings. The van der Waals surface area contributed by atoms with Crippen molar-refractivity contribution in [3.8, 4) is 17.2 Å². The second-order valence-electron chi connectivity index (χ2n) is 6.14. The Kier molecular flexibility index (Phi) is 5.66. The topological polar surface area (TPSA) is 48.0 Å². The molecule has 0 saturated heterocycles. The van der Waals surface area contributed by atoms with E-state index in [-0.39, 0.29) is 5.91 Å². The van der Waals surface area contributed by atoms with E-state index in [2.05, 4.69) is 6.07 Å². The van der Waals surface area contributed by atoms with E-state index in [9.17, 15) is 4.79 Å². The molecular weight excluding hydrogens is 330 g/mol. The maximum absolute atomic E-state index is 12.9. The molecule has 0 aromatic heterocycles. The summed E-state index contributed by atoms with van der Waals surface area (Å²) in [5.74, 6) is 2.22. The molecule has 0 unspecified atom stereocenters. The second-order valence-corrected chi connectivity index (χ2v) is 6.14. The number of carbonyl (C=O) groups is 1. The third kappa shape index (κ3) is 3.77. The van der Waals surface area contributed by atoms with Crippen LogP contribution in [0.2, 0.25) is 0 Å². The summed E-state index contributed by atoms with van der Waals surface area (Å²) in [6.45, 7) is 6.34. The molecule has 2 aromatic rings. The molecule has 0 saturated carbocycles. The van der Waals surface area contributed by atoms with Gasteiger partial charge in [0.15, 0.2) is 11.5 Å². The minimum atomic E-state index is 0.0152. The molecule has 26 heavy (non-hydrogen) atoms. The lowest BCUT2D eigenvalue weighted by Crippen LogP contribution is -2.36. The number of nitrogens with zero attached hydrogens (tertiary/aromatic N) is 1. The Bertz CT molecular complexity index is 788. The van der Waals surface area contributed by atoms with Gasteiger partial charge in [-0.3, -0.25) is 4.79 Å². The third-order valence-electron chi connectivity index (χ3n) is 4.48. The maximum Gasteiger partial charge on any atom is 0.254 e. The Hall–Kier alpha value is -2.69. The van der Waals surface area contributed by atoms with Gasteiger partial charge in [-0.25, -0.2) is 0 Å². The van der Waals surface area contributed by atoms with Gasteiger partial charge in [0.2, 0.25) is 0 Å². The molecule has 0 radical (unpaired) electrons. The van der Waals surface area contributed by atoms with Crippen molar-refractivity contribution in [2.24, 2.45) is 0 Å². The molecule has 1 heterocycles. The Balaban J connectivity index is 1.84. The summed E-state index contributed by atoms with van der Waals surface area (Å²) in [7, 11) is 1.60. The lowest BCUT2D eigenvalue weighted by atomic mass is 9.98. The Morgan fingerprint density at radius 2 is 1.73 bits per heavy atom. The van der Waals surface area contributed by atoms with Crippen LogP contribution in [0.4, 0.5) is 0 Å². The van der Waals surface area contributed by atoms with Crippen molar-refractivity contribution >= 4 is 5.91 Å². The average molecular weight is 355 g/mol. The molecule has 0 fully saturated rings. The van der Waals surface area contributed by atoms with Gasteiger partial charge in [0, 0.05) is 18.7 Å². The molecular formula is C21H25NO4. The molecule has 0 spiro atoms. The summed E-state index contributed by atoms with van der Waals surface area (Å²) >= 11 is 0. The van der Waals surface area contributed by atoms with E-state index < -0.39 is 0 Å². The van der Waals surface area contributed by atoms with Crippen LogP contribution in [0.25, 0.3) is 0 Å². The Morgan fingerprint density at radius 1 is 1.04 bits per heavy atom. The van der Waals surface area contributed by atoms with Crippen LogP contribution in [0.15, 0.2) is 36.4 Å². The van der Waals surface area contributed by atoms with Gasteiger partial charge in [0.05, 0.1) is 20.3 Å². The fraction of sp³-hybridized carbons (Fsp3) is 0.381. The molecule has 0 aliphatic carbocycles. The first kappa shape index (κ1) is 18.1. The molecule has 2 aromatic carbocycles. The van der Waals surface area contributed by atoms with Gasteiger partial charge in [0.1, 0.15) is 5.75 Å². The van der Waals surface area contributed by atoms with Crippen molar-refractivity contribution in [3.05, 3.63) is 53.1 Å². The van der Waals surface area contributed by atoms with Crippen LogP contribution >= 0.6 is 0 Å². The summed E-state index contributed by atoms with van der Waals surface area (Å²) < 4.78 is 16.7. The van der Waals surface area contributed by atoms with Crippen LogP contribution < -0.4 is 14.2 Å². The normalized spacial score (nSPS) is 13.1. The van der Waals surface area contributed by atoms with E-state index >= 15 is 0 Å². The summed E-state index contributed by atoms with van der Waals surface area (Å²) in [4.78, 5) is 14.7. The molecule has 5 heteroatoms. The summed E-state index contributed by atoms with van der Waals surface area (Å²) in [6.07, 6.45) is 0.803. The molecule has 3 rings (SSSR count). The summed E-state index contributed by atoms with van der Waals surface area (Å²) in [6, 6.07) is 11.3. The van der Waals surface area contributed by atoms with Gasteiger partial charge in [-0.2, -0.15) is 0 Å². The number of fused-ring (bicyclic) bond motifs is 1. The minimum Gasteiger partial charge on any atom is -0.497 e. The lowest BCUT2D eigenvalue weighted by Gasteiger charge is -2.30. The fourth-order valence-corrected chi connectivity index (χ4v) is 3.21. The zero-order chi connectivity index (χ0) is 18.5. The minimum absolute atomic E-state index is 0.0152. The zero-order valence-electron chi connectivity index (χ0n) is 15.6. The van der Waals surface area contributed by atoms with Gasteiger partial charge in [-0.05, 0) is 61.7 Å². The first-order valence-corrected chi connectivity index (χ1v) is 9.01. The number of carbonyl (C=O) groups excluding carboxylic acids is 1. The molecule has 0 bridgehead atoms. The first-order valence-electron chi connectivity index (χ1n) is 9.01. The molecule has 5 nitrogen and oxygen atoms in total. The van der Waals surface area contributed by atoms with Crippen LogP contribution in [0.3, 0.4) is 0 Å². The molecule has 1 amide bonds. The number of benzene rings is 2.